The molecule has 120 valence electrons. The van der Waals surface area contributed by atoms with Crippen LogP contribution in [0.1, 0.15) is 48.4 Å². The van der Waals surface area contributed by atoms with Crippen molar-refractivity contribution < 1.29 is 24.3 Å². The Labute approximate surface area is 129 Å². The third-order valence-corrected chi connectivity index (χ3v) is 4.34. The van der Waals surface area contributed by atoms with Crippen LogP contribution in [0.25, 0.3) is 0 Å². The maximum absolute atomic E-state index is 14.0. The molecule has 1 aliphatic carbocycles. The van der Waals surface area contributed by atoms with Gasteiger partial charge in [-0.05, 0) is 49.2 Å². The summed E-state index contributed by atoms with van der Waals surface area (Å²) in [5, 5.41) is 27.3. The molecule has 3 atom stereocenters. The van der Waals surface area contributed by atoms with Crippen molar-refractivity contribution in [3.05, 3.63) is 34.6 Å². The summed E-state index contributed by atoms with van der Waals surface area (Å²) in [7, 11) is -1.38. The minimum Gasteiger partial charge on any atom is -0.481 e. The van der Waals surface area contributed by atoms with Crippen molar-refractivity contribution in [2.45, 2.75) is 44.5 Å². The highest BCUT2D eigenvalue weighted by Crippen LogP contribution is 2.42. The SMILES string of the molecule is CC(N)c1cc2c(cc1F)CC(CCCB(O)O)C2C(=O)O. The van der Waals surface area contributed by atoms with Crippen molar-refractivity contribution in [3.8, 4) is 0 Å². The van der Waals surface area contributed by atoms with Gasteiger partial charge in [-0.2, -0.15) is 0 Å². The summed E-state index contributed by atoms with van der Waals surface area (Å²) in [6.45, 7) is 1.66. The molecule has 5 nitrogen and oxygen atoms in total. The topological polar surface area (TPSA) is 104 Å². The van der Waals surface area contributed by atoms with Gasteiger partial charge in [0, 0.05) is 11.6 Å². The number of benzene rings is 1. The van der Waals surface area contributed by atoms with Crippen LogP contribution in [-0.4, -0.2) is 28.2 Å². The Kier molecular flexibility index (Phi) is 5.21. The Balaban J connectivity index is 2.25. The highest BCUT2D eigenvalue weighted by Gasteiger charge is 2.38. The minimum atomic E-state index is -1.38. The lowest BCUT2D eigenvalue weighted by Crippen LogP contribution is -2.19. The molecular weight excluding hydrogens is 288 g/mol. The summed E-state index contributed by atoms with van der Waals surface area (Å²) >= 11 is 0. The first-order valence-electron chi connectivity index (χ1n) is 7.48. The number of aliphatic carboxylic acids is 1. The maximum Gasteiger partial charge on any atom is 0.451 e. The Hall–Kier alpha value is -1.44. The number of hydrogen-bond donors (Lipinski definition) is 4. The molecule has 5 N–H and O–H groups in total. The molecule has 1 aromatic carbocycles. The summed E-state index contributed by atoms with van der Waals surface area (Å²) in [6.07, 6.45) is 1.77. The normalized spacial score (nSPS) is 21.5. The Morgan fingerprint density at radius 3 is 2.73 bits per heavy atom. The van der Waals surface area contributed by atoms with E-state index in [2.05, 4.69) is 0 Å². The van der Waals surface area contributed by atoms with Crippen LogP contribution in [0, 0.1) is 11.7 Å². The van der Waals surface area contributed by atoms with Gasteiger partial charge >= 0.3 is 13.1 Å². The Bertz CT molecular complexity index is 565. The van der Waals surface area contributed by atoms with E-state index in [0.29, 0.717) is 36.0 Å². The Morgan fingerprint density at radius 2 is 2.18 bits per heavy atom. The Morgan fingerprint density at radius 1 is 1.50 bits per heavy atom. The van der Waals surface area contributed by atoms with Crippen LogP contribution in [0.5, 0.6) is 0 Å². The number of carboxylic acids is 1. The fraction of sp³-hybridized carbons (Fsp3) is 0.533. The summed E-state index contributed by atoms with van der Waals surface area (Å²) in [5.74, 6) is -2.18. The number of carboxylic acid groups (broad SMARTS) is 1. The molecule has 0 bridgehead atoms. The number of fused-ring (bicyclic) bond motifs is 1. The summed E-state index contributed by atoms with van der Waals surface area (Å²) < 4.78 is 14.0. The van der Waals surface area contributed by atoms with Crippen LogP contribution in [0.15, 0.2) is 12.1 Å². The monoisotopic (exact) mass is 309 g/mol. The predicted octanol–water partition coefficient (Wildman–Crippen LogP) is 1.44. The molecule has 2 rings (SSSR count). The number of rotatable bonds is 6. The lowest BCUT2D eigenvalue weighted by atomic mass is 9.80. The van der Waals surface area contributed by atoms with E-state index >= 15 is 0 Å². The quantitative estimate of drug-likeness (QED) is 0.595. The van der Waals surface area contributed by atoms with Crippen molar-refractivity contribution >= 4 is 13.1 Å². The molecule has 1 aromatic rings. The molecule has 1 aliphatic rings. The highest BCUT2D eigenvalue weighted by atomic mass is 19.1. The molecular formula is C15H21BFNO4. The van der Waals surface area contributed by atoms with Crippen LogP contribution in [0.2, 0.25) is 6.32 Å². The third kappa shape index (κ3) is 3.48. The van der Waals surface area contributed by atoms with Crippen LogP contribution >= 0.6 is 0 Å². The molecule has 0 saturated carbocycles. The van der Waals surface area contributed by atoms with Crippen molar-refractivity contribution in [1.82, 2.24) is 0 Å². The average Bonchev–Trinajstić information content (AvgIpc) is 2.74. The second kappa shape index (κ2) is 6.77. The molecule has 0 spiro atoms. The van der Waals surface area contributed by atoms with Gasteiger partial charge in [-0.15, -0.1) is 0 Å². The molecule has 0 radical (unpaired) electrons. The van der Waals surface area contributed by atoms with Crippen molar-refractivity contribution in [2.24, 2.45) is 11.7 Å². The van der Waals surface area contributed by atoms with E-state index in [0.717, 1.165) is 0 Å². The van der Waals surface area contributed by atoms with E-state index in [1.165, 1.54) is 6.07 Å². The lowest BCUT2D eigenvalue weighted by Gasteiger charge is -2.17. The van der Waals surface area contributed by atoms with Crippen LogP contribution in [0.4, 0.5) is 4.39 Å². The van der Waals surface area contributed by atoms with Crippen molar-refractivity contribution in [1.29, 1.82) is 0 Å². The van der Waals surface area contributed by atoms with Crippen LogP contribution < -0.4 is 5.73 Å². The smallest absolute Gasteiger partial charge is 0.451 e. The lowest BCUT2D eigenvalue weighted by molar-refractivity contribution is -0.139. The molecule has 0 amide bonds. The van der Waals surface area contributed by atoms with Gasteiger partial charge in [0.1, 0.15) is 5.82 Å². The van der Waals surface area contributed by atoms with Crippen molar-refractivity contribution in [2.75, 3.05) is 0 Å². The van der Waals surface area contributed by atoms with Crippen molar-refractivity contribution in [3.63, 3.8) is 0 Å². The number of hydrogen-bond acceptors (Lipinski definition) is 4. The zero-order valence-corrected chi connectivity index (χ0v) is 12.5. The van der Waals surface area contributed by atoms with Gasteiger partial charge < -0.3 is 20.9 Å². The summed E-state index contributed by atoms with van der Waals surface area (Å²) in [5.41, 5.74) is 7.41. The molecule has 0 heterocycles. The van der Waals surface area contributed by atoms with Gasteiger partial charge in [0.2, 0.25) is 0 Å². The zero-order valence-electron chi connectivity index (χ0n) is 12.5. The van der Waals surface area contributed by atoms with E-state index < -0.39 is 30.9 Å². The van der Waals surface area contributed by atoms with Gasteiger partial charge in [0.25, 0.3) is 0 Å². The van der Waals surface area contributed by atoms with Crippen LogP contribution in [-0.2, 0) is 11.2 Å². The molecule has 0 fully saturated rings. The molecule has 22 heavy (non-hydrogen) atoms. The predicted molar refractivity (Wildman–Crippen MR) is 80.8 cm³/mol. The van der Waals surface area contributed by atoms with Crippen LogP contribution in [0.3, 0.4) is 0 Å². The van der Waals surface area contributed by atoms with E-state index in [1.807, 2.05) is 0 Å². The number of carbonyl (C=O) groups is 1. The standard InChI is InChI=1S/C15H21BFNO4/c1-8(18)11-7-12-10(6-13(11)17)5-9(14(12)15(19)20)3-2-4-16(21)22/h6-9,14,21-22H,2-5,18H2,1H3,(H,19,20). The maximum atomic E-state index is 14.0. The summed E-state index contributed by atoms with van der Waals surface area (Å²) in [4.78, 5) is 11.6. The van der Waals surface area contributed by atoms with E-state index in [-0.39, 0.29) is 12.2 Å². The first-order valence-corrected chi connectivity index (χ1v) is 7.48. The summed E-state index contributed by atoms with van der Waals surface area (Å²) in [6, 6.07) is 2.48. The highest BCUT2D eigenvalue weighted by molar-refractivity contribution is 6.40. The van der Waals surface area contributed by atoms with Gasteiger partial charge in [0.15, 0.2) is 0 Å². The first kappa shape index (κ1) is 16.9. The zero-order chi connectivity index (χ0) is 16.4. The second-order valence-electron chi connectivity index (χ2n) is 6.05. The molecule has 7 heteroatoms. The molecule has 0 aliphatic heterocycles. The average molecular weight is 309 g/mol. The van der Waals surface area contributed by atoms with Gasteiger partial charge in [-0.1, -0.05) is 12.5 Å². The van der Waals surface area contributed by atoms with E-state index in [1.54, 1.807) is 13.0 Å². The van der Waals surface area contributed by atoms with Gasteiger partial charge in [-0.25, -0.2) is 4.39 Å². The molecule has 0 aromatic heterocycles. The van der Waals surface area contributed by atoms with E-state index in [4.69, 9.17) is 15.8 Å². The second-order valence-corrected chi connectivity index (χ2v) is 6.05. The fourth-order valence-electron chi connectivity index (χ4n) is 3.28. The fourth-order valence-corrected chi connectivity index (χ4v) is 3.28. The van der Waals surface area contributed by atoms with Gasteiger partial charge in [-0.3, -0.25) is 4.79 Å². The first-order chi connectivity index (χ1) is 10.3. The minimum absolute atomic E-state index is 0.158. The number of halogens is 1. The molecule has 3 unspecified atom stereocenters. The van der Waals surface area contributed by atoms with Gasteiger partial charge in [0.05, 0.1) is 5.92 Å². The third-order valence-electron chi connectivity index (χ3n) is 4.34. The molecule has 0 saturated heterocycles. The largest absolute Gasteiger partial charge is 0.481 e. The van der Waals surface area contributed by atoms with E-state index in [9.17, 15) is 14.3 Å². The number of nitrogens with two attached hydrogens (primary N) is 1.